The second kappa shape index (κ2) is 7.38. The molecule has 158 valence electrons. The number of nitro benzene ring substituents is 1. The zero-order chi connectivity index (χ0) is 22.4. The smallest absolute Gasteiger partial charge is 0.269 e. The average molecular weight is 428 g/mol. The molecule has 1 aliphatic heterocycles. The summed E-state index contributed by atoms with van der Waals surface area (Å²) in [7, 11) is 0. The van der Waals surface area contributed by atoms with Gasteiger partial charge in [0.05, 0.1) is 22.2 Å². The lowest BCUT2D eigenvalue weighted by molar-refractivity contribution is -0.384. The molecule has 0 radical (unpaired) electrons. The summed E-state index contributed by atoms with van der Waals surface area (Å²) >= 11 is 0. The molecule has 0 spiro atoms. The van der Waals surface area contributed by atoms with Gasteiger partial charge in [-0.25, -0.2) is 0 Å². The number of hydrogen-bond donors (Lipinski definition) is 0. The van der Waals surface area contributed by atoms with Crippen LogP contribution in [0.15, 0.2) is 67.0 Å². The predicted octanol–water partition coefficient (Wildman–Crippen LogP) is 3.57. The minimum Gasteiger partial charge on any atom is -0.276 e. The van der Waals surface area contributed by atoms with Gasteiger partial charge in [-0.15, -0.1) is 0 Å². The fraction of sp³-hybridized carbons (Fsp3) is 0.130. The van der Waals surface area contributed by atoms with E-state index in [0.717, 1.165) is 15.7 Å². The summed E-state index contributed by atoms with van der Waals surface area (Å²) in [4.78, 5) is 54.8. The van der Waals surface area contributed by atoms with Crippen molar-refractivity contribution in [3.05, 3.63) is 82.7 Å². The van der Waals surface area contributed by atoms with Crippen LogP contribution in [-0.4, -0.2) is 43.1 Å². The highest BCUT2D eigenvalue weighted by Gasteiger charge is 2.42. The number of amides is 2. The number of nitro groups is 1. The monoisotopic (exact) mass is 428 g/mol. The first kappa shape index (κ1) is 19.6. The summed E-state index contributed by atoms with van der Waals surface area (Å²) in [5.41, 5.74) is 1.20. The Kier molecular flexibility index (Phi) is 4.51. The summed E-state index contributed by atoms with van der Waals surface area (Å²) in [6.07, 6.45) is 3.49. The molecule has 9 nitrogen and oxygen atoms in total. The maximum Gasteiger partial charge on any atom is 0.269 e. The van der Waals surface area contributed by atoms with Gasteiger partial charge in [0.25, 0.3) is 17.5 Å². The molecule has 2 aromatic carbocycles. The standard InChI is InChI=1S/C23H16N4O5/c28-21-10-9-19(26(21)22(29)14-5-7-15(8-6-14)27(31)32)23(30)25-18-4-2-1-3-16(18)17-11-12-24-13-20(17)25/h1-8,11-13,19H,9-10H2/t19-/m0/s1. The molecule has 0 bridgehead atoms. The topological polar surface area (TPSA) is 115 Å². The van der Waals surface area contributed by atoms with E-state index in [0.29, 0.717) is 11.0 Å². The van der Waals surface area contributed by atoms with Gasteiger partial charge in [0, 0.05) is 41.1 Å². The number of carbonyl (C=O) groups excluding carboxylic acids is 3. The van der Waals surface area contributed by atoms with Crippen molar-refractivity contribution in [1.82, 2.24) is 14.5 Å². The van der Waals surface area contributed by atoms with Gasteiger partial charge in [0.15, 0.2) is 0 Å². The first-order valence-electron chi connectivity index (χ1n) is 9.95. The number of nitrogens with zero attached hydrogens (tertiary/aromatic N) is 4. The Morgan fingerprint density at radius 2 is 1.72 bits per heavy atom. The van der Waals surface area contributed by atoms with Crippen molar-refractivity contribution in [1.29, 1.82) is 0 Å². The second-order valence-electron chi connectivity index (χ2n) is 7.51. The normalized spacial score (nSPS) is 16.1. The van der Waals surface area contributed by atoms with Crippen LogP contribution < -0.4 is 0 Å². The maximum atomic E-state index is 13.7. The number of benzene rings is 2. The number of non-ortho nitro benzene ring substituents is 1. The molecule has 1 atom stereocenters. The van der Waals surface area contributed by atoms with Crippen molar-refractivity contribution in [2.24, 2.45) is 0 Å². The summed E-state index contributed by atoms with van der Waals surface area (Å²) in [6.45, 7) is 0. The van der Waals surface area contributed by atoms with Crippen LogP contribution in [0.2, 0.25) is 0 Å². The lowest BCUT2D eigenvalue weighted by Gasteiger charge is -2.23. The highest BCUT2D eigenvalue weighted by atomic mass is 16.6. The van der Waals surface area contributed by atoms with E-state index < -0.39 is 28.7 Å². The van der Waals surface area contributed by atoms with Crippen molar-refractivity contribution < 1.29 is 19.3 Å². The van der Waals surface area contributed by atoms with E-state index in [9.17, 15) is 24.5 Å². The second-order valence-corrected chi connectivity index (χ2v) is 7.51. The molecule has 9 heteroatoms. The summed E-state index contributed by atoms with van der Waals surface area (Å²) in [5.74, 6) is -1.50. The van der Waals surface area contributed by atoms with Crippen molar-refractivity contribution in [3.63, 3.8) is 0 Å². The van der Waals surface area contributed by atoms with Crippen LogP contribution in [0, 0.1) is 10.1 Å². The third-order valence-corrected chi connectivity index (χ3v) is 5.74. The van der Waals surface area contributed by atoms with Gasteiger partial charge in [-0.2, -0.15) is 0 Å². The van der Waals surface area contributed by atoms with Crippen LogP contribution in [0.3, 0.4) is 0 Å². The highest BCUT2D eigenvalue weighted by molar-refractivity contribution is 6.16. The van der Waals surface area contributed by atoms with E-state index in [-0.39, 0.29) is 24.1 Å². The Bertz CT molecular complexity index is 1370. The van der Waals surface area contributed by atoms with Crippen molar-refractivity contribution in [2.45, 2.75) is 18.9 Å². The van der Waals surface area contributed by atoms with Crippen LogP contribution in [0.5, 0.6) is 0 Å². The van der Waals surface area contributed by atoms with Gasteiger partial charge < -0.3 is 0 Å². The molecule has 0 unspecified atom stereocenters. The van der Waals surface area contributed by atoms with Gasteiger partial charge in [-0.3, -0.25) is 38.9 Å². The molecule has 1 aliphatic rings. The SMILES string of the molecule is O=C1CC[C@@H](C(=O)n2c3ccccc3c3ccncc32)N1C(=O)c1ccc([N+](=O)[O-])cc1. The first-order chi connectivity index (χ1) is 15.5. The third-order valence-electron chi connectivity index (χ3n) is 5.74. The van der Waals surface area contributed by atoms with E-state index >= 15 is 0 Å². The van der Waals surface area contributed by atoms with Crippen LogP contribution in [0.25, 0.3) is 21.8 Å². The molecule has 3 heterocycles. The van der Waals surface area contributed by atoms with E-state index in [1.165, 1.54) is 28.8 Å². The minimum absolute atomic E-state index is 0.0600. The zero-order valence-corrected chi connectivity index (χ0v) is 16.7. The number of likely N-dealkylation sites (tertiary alicyclic amines) is 1. The fourth-order valence-corrected chi connectivity index (χ4v) is 4.24. The van der Waals surface area contributed by atoms with Gasteiger partial charge in [0.1, 0.15) is 6.04 Å². The summed E-state index contributed by atoms with van der Waals surface area (Å²) in [6, 6.07) is 13.2. The summed E-state index contributed by atoms with van der Waals surface area (Å²) in [5, 5.41) is 12.6. The molecular formula is C23H16N4O5. The number of rotatable bonds is 3. The largest absolute Gasteiger partial charge is 0.276 e. The molecule has 32 heavy (non-hydrogen) atoms. The molecule has 2 amide bonds. The average Bonchev–Trinajstić information content (AvgIpc) is 3.36. The Morgan fingerprint density at radius 3 is 2.47 bits per heavy atom. The van der Waals surface area contributed by atoms with Gasteiger partial charge >= 0.3 is 0 Å². The Balaban J connectivity index is 1.57. The lowest BCUT2D eigenvalue weighted by Crippen LogP contribution is -2.44. The van der Waals surface area contributed by atoms with Gasteiger partial charge in [-0.05, 0) is 30.7 Å². The molecule has 2 aromatic heterocycles. The van der Waals surface area contributed by atoms with Crippen LogP contribution in [0.4, 0.5) is 5.69 Å². The Morgan fingerprint density at radius 1 is 1.00 bits per heavy atom. The molecule has 1 fully saturated rings. The highest BCUT2D eigenvalue weighted by Crippen LogP contribution is 2.31. The predicted molar refractivity (Wildman–Crippen MR) is 115 cm³/mol. The summed E-state index contributed by atoms with van der Waals surface area (Å²) < 4.78 is 1.51. The minimum atomic E-state index is -0.982. The van der Waals surface area contributed by atoms with Gasteiger partial charge in [-0.1, -0.05) is 18.2 Å². The first-order valence-corrected chi connectivity index (χ1v) is 9.95. The van der Waals surface area contributed by atoms with Crippen molar-refractivity contribution >= 4 is 45.2 Å². The Hall–Kier alpha value is -4.40. The fourth-order valence-electron chi connectivity index (χ4n) is 4.24. The molecule has 1 saturated heterocycles. The molecule has 0 N–H and O–H groups in total. The maximum absolute atomic E-state index is 13.7. The third kappa shape index (κ3) is 2.94. The number of pyridine rings is 1. The Labute approximate surface area is 181 Å². The zero-order valence-electron chi connectivity index (χ0n) is 16.7. The van der Waals surface area contributed by atoms with Crippen molar-refractivity contribution in [2.75, 3.05) is 0 Å². The van der Waals surface area contributed by atoms with E-state index in [1.807, 2.05) is 30.3 Å². The lowest BCUT2D eigenvalue weighted by atomic mass is 10.1. The van der Waals surface area contributed by atoms with Crippen LogP contribution >= 0.6 is 0 Å². The van der Waals surface area contributed by atoms with Gasteiger partial charge in [0.2, 0.25) is 5.91 Å². The van der Waals surface area contributed by atoms with Crippen LogP contribution in [-0.2, 0) is 4.79 Å². The molecule has 4 aromatic rings. The number of aromatic nitrogens is 2. The van der Waals surface area contributed by atoms with E-state index in [1.54, 1.807) is 12.4 Å². The number of fused-ring (bicyclic) bond motifs is 3. The van der Waals surface area contributed by atoms with E-state index in [4.69, 9.17) is 0 Å². The van der Waals surface area contributed by atoms with E-state index in [2.05, 4.69) is 4.98 Å². The molecule has 0 saturated carbocycles. The van der Waals surface area contributed by atoms with Crippen molar-refractivity contribution in [3.8, 4) is 0 Å². The van der Waals surface area contributed by atoms with Crippen LogP contribution in [0.1, 0.15) is 28.0 Å². The number of hydrogen-bond acceptors (Lipinski definition) is 6. The molecule has 5 rings (SSSR count). The molecular weight excluding hydrogens is 412 g/mol. The number of para-hydroxylation sites is 1. The number of imide groups is 1. The molecule has 0 aliphatic carbocycles. The quantitative estimate of drug-likeness (QED) is 0.280. The number of carbonyl (C=O) groups is 3.